The van der Waals surface area contributed by atoms with E-state index in [1.165, 1.54) is 28.6 Å². The Balaban J connectivity index is 1.46. The van der Waals surface area contributed by atoms with Crippen molar-refractivity contribution in [3.05, 3.63) is 106 Å². The lowest BCUT2D eigenvalue weighted by atomic mass is 10.2. The molecule has 4 rings (SSSR count). The Bertz CT molecular complexity index is 1270. The van der Waals surface area contributed by atoms with Crippen molar-refractivity contribution in [3.63, 3.8) is 0 Å². The third-order valence-electron chi connectivity index (χ3n) is 4.60. The first-order chi connectivity index (χ1) is 16.0. The standard InChI is InChI=1S/C24H20N4O4S/c1-17-7-9-21(10-8-17)33-22-14-18(13-19(15-22)28(30)31)25-24(29)23-11-12-27(26-23)16-32-20-5-3-2-4-6-20/h2-15H,16H2,1H3,(H,25,29). The molecule has 0 aliphatic carbocycles. The maximum absolute atomic E-state index is 12.7. The van der Waals surface area contributed by atoms with Crippen molar-refractivity contribution in [1.29, 1.82) is 0 Å². The van der Waals surface area contributed by atoms with Crippen LogP contribution in [-0.4, -0.2) is 20.6 Å². The molecule has 4 aromatic rings. The number of non-ortho nitro benzene ring substituents is 1. The van der Waals surface area contributed by atoms with Crippen LogP contribution in [0.15, 0.2) is 94.9 Å². The average Bonchev–Trinajstić information content (AvgIpc) is 3.29. The minimum absolute atomic E-state index is 0.107. The zero-order valence-corrected chi connectivity index (χ0v) is 18.5. The summed E-state index contributed by atoms with van der Waals surface area (Å²) in [6.07, 6.45) is 1.63. The third-order valence-corrected chi connectivity index (χ3v) is 5.58. The topological polar surface area (TPSA) is 99.3 Å². The molecule has 1 aromatic heterocycles. The van der Waals surface area contributed by atoms with Gasteiger partial charge in [-0.2, -0.15) is 5.10 Å². The first-order valence-electron chi connectivity index (χ1n) is 10.0. The van der Waals surface area contributed by atoms with E-state index in [0.29, 0.717) is 16.3 Å². The van der Waals surface area contributed by atoms with Gasteiger partial charge < -0.3 is 10.1 Å². The first-order valence-corrected chi connectivity index (χ1v) is 10.8. The van der Waals surface area contributed by atoms with E-state index in [-0.39, 0.29) is 18.1 Å². The third kappa shape index (κ3) is 5.98. The van der Waals surface area contributed by atoms with Gasteiger partial charge in [0.1, 0.15) is 5.75 Å². The molecule has 0 spiro atoms. The molecule has 8 nitrogen and oxygen atoms in total. The van der Waals surface area contributed by atoms with Crippen LogP contribution < -0.4 is 10.1 Å². The van der Waals surface area contributed by atoms with E-state index in [0.717, 1.165) is 10.5 Å². The van der Waals surface area contributed by atoms with Gasteiger partial charge in [-0.25, -0.2) is 4.68 Å². The molecule has 9 heteroatoms. The van der Waals surface area contributed by atoms with Crippen LogP contribution in [0.3, 0.4) is 0 Å². The number of aromatic nitrogens is 2. The molecule has 33 heavy (non-hydrogen) atoms. The molecule has 0 saturated carbocycles. The van der Waals surface area contributed by atoms with Crippen molar-refractivity contribution in [3.8, 4) is 5.75 Å². The molecule has 1 heterocycles. The summed E-state index contributed by atoms with van der Waals surface area (Å²) in [4.78, 5) is 25.2. The largest absolute Gasteiger partial charge is 0.471 e. The van der Waals surface area contributed by atoms with Gasteiger partial charge in [0.2, 0.25) is 0 Å². The summed E-state index contributed by atoms with van der Waals surface area (Å²) in [7, 11) is 0. The molecule has 1 N–H and O–H groups in total. The monoisotopic (exact) mass is 460 g/mol. The fourth-order valence-corrected chi connectivity index (χ4v) is 3.88. The number of hydrogen-bond donors (Lipinski definition) is 1. The van der Waals surface area contributed by atoms with E-state index in [1.807, 2.05) is 61.5 Å². The van der Waals surface area contributed by atoms with Crippen molar-refractivity contribution in [2.45, 2.75) is 23.4 Å². The Morgan fingerprint density at radius 3 is 2.55 bits per heavy atom. The number of hydrogen-bond acceptors (Lipinski definition) is 6. The Hall–Kier alpha value is -4.11. The van der Waals surface area contributed by atoms with Crippen LogP contribution in [0.4, 0.5) is 11.4 Å². The highest BCUT2D eigenvalue weighted by Gasteiger charge is 2.15. The lowest BCUT2D eigenvalue weighted by Gasteiger charge is -2.08. The van der Waals surface area contributed by atoms with Gasteiger partial charge >= 0.3 is 0 Å². The summed E-state index contributed by atoms with van der Waals surface area (Å²) >= 11 is 1.38. The molecule has 166 valence electrons. The van der Waals surface area contributed by atoms with Crippen LogP contribution in [0.25, 0.3) is 0 Å². The Morgan fingerprint density at radius 2 is 1.82 bits per heavy atom. The van der Waals surface area contributed by atoms with Gasteiger partial charge in [-0.1, -0.05) is 47.7 Å². The number of nitro groups is 1. The summed E-state index contributed by atoms with van der Waals surface area (Å²) in [5.74, 6) is 0.217. The number of anilines is 1. The van der Waals surface area contributed by atoms with Gasteiger partial charge in [0, 0.05) is 33.8 Å². The zero-order valence-electron chi connectivity index (χ0n) is 17.7. The number of benzene rings is 3. The maximum Gasteiger partial charge on any atom is 0.276 e. The Labute approximate surface area is 194 Å². The van der Waals surface area contributed by atoms with E-state index >= 15 is 0 Å². The summed E-state index contributed by atoms with van der Waals surface area (Å²) in [5, 5.41) is 18.3. The van der Waals surface area contributed by atoms with Crippen LogP contribution >= 0.6 is 11.8 Å². The molecule has 0 aliphatic rings. The van der Waals surface area contributed by atoms with E-state index in [9.17, 15) is 14.9 Å². The summed E-state index contributed by atoms with van der Waals surface area (Å²) in [6.45, 7) is 2.13. The predicted molar refractivity (Wildman–Crippen MR) is 126 cm³/mol. The number of carbonyl (C=O) groups is 1. The van der Waals surface area contributed by atoms with E-state index in [2.05, 4.69) is 10.4 Å². The van der Waals surface area contributed by atoms with Gasteiger partial charge in [0.15, 0.2) is 12.4 Å². The molecular formula is C24H20N4O4S. The van der Waals surface area contributed by atoms with Crippen molar-refractivity contribution < 1.29 is 14.5 Å². The van der Waals surface area contributed by atoms with Gasteiger partial charge in [-0.3, -0.25) is 14.9 Å². The Morgan fingerprint density at radius 1 is 1.06 bits per heavy atom. The smallest absolute Gasteiger partial charge is 0.276 e. The second kappa shape index (κ2) is 10.0. The van der Waals surface area contributed by atoms with Gasteiger partial charge in [-0.15, -0.1) is 0 Å². The fraction of sp³-hybridized carbons (Fsp3) is 0.0833. The average molecular weight is 461 g/mol. The molecule has 0 radical (unpaired) electrons. The van der Waals surface area contributed by atoms with Crippen molar-refractivity contribution >= 4 is 29.0 Å². The number of nitrogens with zero attached hydrogens (tertiary/aromatic N) is 3. The van der Waals surface area contributed by atoms with Gasteiger partial charge in [0.05, 0.1) is 4.92 Å². The second-order valence-electron chi connectivity index (χ2n) is 7.17. The minimum atomic E-state index is -0.482. The summed E-state index contributed by atoms with van der Waals surface area (Å²) in [5.41, 5.74) is 1.51. The summed E-state index contributed by atoms with van der Waals surface area (Å²) < 4.78 is 7.11. The summed E-state index contributed by atoms with van der Waals surface area (Å²) in [6, 6.07) is 23.2. The molecule has 0 unspecified atom stereocenters. The number of para-hydroxylation sites is 1. The number of carbonyl (C=O) groups excluding carboxylic acids is 1. The number of ether oxygens (including phenoxy) is 1. The van der Waals surface area contributed by atoms with Crippen LogP contribution in [0, 0.1) is 17.0 Å². The van der Waals surface area contributed by atoms with Gasteiger partial charge in [0.25, 0.3) is 11.6 Å². The molecule has 0 bridgehead atoms. The first kappa shape index (κ1) is 22.1. The highest BCUT2D eigenvalue weighted by atomic mass is 32.2. The number of nitrogens with one attached hydrogen (secondary N) is 1. The lowest BCUT2D eigenvalue weighted by Crippen LogP contribution is -2.14. The zero-order chi connectivity index (χ0) is 23.2. The quantitative estimate of drug-likeness (QED) is 0.274. The van der Waals surface area contributed by atoms with Crippen LogP contribution in [-0.2, 0) is 6.73 Å². The lowest BCUT2D eigenvalue weighted by molar-refractivity contribution is -0.385. The van der Waals surface area contributed by atoms with Crippen LogP contribution in [0.5, 0.6) is 5.75 Å². The molecule has 0 fully saturated rings. The number of nitro benzene ring substituents is 1. The molecule has 0 atom stereocenters. The normalized spacial score (nSPS) is 10.6. The van der Waals surface area contributed by atoms with Crippen LogP contribution in [0.1, 0.15) is 16.1 Å². The minimum Gasteiger partial charge on any atom is -0.471 e. The van der Waals surface area contributed by atoms with Crippen molar-refractivity contribution in [1.82, 2.24) is 9.78 Å². The number of amides is 1. The van der Waals surface area contributed by atoms with Crippen LogP contribution in [0.2, 0.25) is 0 Å². The molecule has 0 saturated heterocycles. The number of aryl methyl sites for hydroxylation is 1. The molecule has 3 aromatic carbocycles. The number of rotatable bonds is 8. The van der Waals surface area contributed by atoms with Gasteiger partial charge in [-0.05, 0) is 43.3 Å². The molecule has 0 aliphatic heterocycles. The SMILES string of the molecule is Cc1ccc(Sc2cc(NC(=O)c3ccn(COc4ccccc4)n3)cc([N+](=O)[O-])c2)cc1. The maximum atomic E-state index is 12.7. The second-order valence-corrected chi connectivity index (χ2v) is 8.32. The van der Waals surface area contributed by atoms with E-state index in [1.54, 1.807) is 18.3 Å². The molecule has 1 amide bonds. The molecular weight excluding hydrogens is 440 g/mol. The Kier molecular flexibility index (Phi) is 6.70. The van der Waals surface area contributed by atoms with E-state index < -0.39 is 10.8 Å². The highest BCUT2D eigenvalue weighted by Crippen LogP contribution is 2.33. The van der Waals surface area contributed by atoms with Crippen molar-refractivity contribution in [2.24, 2.45) is 0 Å². The van der Waals surface area contributed by atoms with Crippen molar-refractivity contribution in [2.75, 3.05) is 5.32 Å². The fourth-order valence-electron chi connectivity index (χ4n) is 2.97. The van der Waals surface area contributed by atoms with E-state index in [4.69, 9.17) is 4.74 Å². The highest BCUT2D eigenvalue weighted by molar-refractivity contribution is 7.99. The predicted octanol–water partition coefficient (Wildman–Crippen LogP) is 5.54.